The minimum absolute atomic E-state index is 0. The molecule has 2 rings (SSSR count). The van der Waals surface area contributed by atoms with E-state index in [0.29, 0.717) is 0 Å². The Bertz CT molecular complexity index is 386. The van der Waals surface area contributed by atoms with Gasteiger partial charge in [-0.1, -0.05) is 36.4 Å². The number of hydrogen-bond acceptors (Lipinski definition) is 3. The van der Waals surface area contributed by atoms with Gasteiger partial charge in [0.2, 0.25) is 0 Å². The van der Waals surface area contributed by atoms with E-state index in [4.69, 9.17) is 21.3 Å². The molecule has 0 fully saturated rings. The first kappa shape index (κ1) is 15.5. The Morgan fingerprint density at radius 3 is 1.41 bits per heavy atom. The molecule has 2 aromatic carbocycles. The molecule has 0 unspecified atom stereocenters. The third kappa shape index (κ3) is 5.75. The zero-order valence-electron chi connectivity index (χ0n) is 9.45. The van der Waals surface area contributed by atoms with Crippen molar-refractivity contribution in [1.82, 2.24) is 0 Å². The van der Waals surface area contributed by atoms with E-state index in [9.17, 15) is 0 Å². The summed E-state index contributed by atoms with van der Waals surface area (Å²) in [5, 5.41) is 0. The first-order chi connectivity index (χ1) is 7.84. The predicted molar refractivity (Wildman–Crippen MR) is 68.4 cm³/mol. The van der Waals surface area contributed by atoms with Crippen molar-refractivity contribution in [3.05, 3.63) is 60.7 Å². The molecule has 82 valence electrons. The van der Waals surface area contributed by atoms with Gasteiger partial charge < -0.3 is 21.3 Å². The van der Waals surface area contributed by atoms with Gasteiger partial charge in [0.15, 0.2) is 0 Å². The van der Waals surface area contributed by atoms with E-state index in [-0.39, 0.29) is 51.4 Å². The van der Waals surface area contributed by atoms with E-state index in [1.54, 1.807) is 0 Å². The summed E-state index contributed by atoms with van der Waals surface area (Å²) in [6.07, 6.45) is 0. The molecule has 0 aliphatic carbocycles. The summed E-state index contributed by atoms with van der Waals surface area (Å²) in [7, 11) is -1.35. The molecule has 0 aliphatic rings. The summed E-state index contributed by atoms with van der Waals surface area (Å²) >= 11 is 5.12. The van der Waals surface area contributed by atoms with Gasteiger partial charge in [-0.05, 0) is 24.3 Å². The molecular formula is C12H10KO2PS. The third-order valence-corrected chi connectivity index (χ3v) is 3.01. The molecule has 2 aromatic rings. The van der Waals surface area contributed by atoms with Crippen molar-refractivity contribution in [3.63, 3.8) is 0 Å². The van der Waals surface area contributed by atoms with Crippen LogP contribution in [-0.2, 0) is 12.2 Å². The quantitative estimate of drug-likeness (QED) is 0.474. The van der Waals surface area contributed by atoms with Crippen molar-refractivity contribution in [1.29, 1.82) is 0 Å². The normalized spacial score (nSPS) is 9.53. The molecule has 0 aliphatic heterocycles. The Hall–Kier alpha value is 0.456. The molecule has 0 spiro atoms. The minimum Gasteiger partial charge on any atom is -0.672 e. The average Bonchev–Trinajstić information content (AvgIpc) is 2.31. The van der Waals surface area contributed by atoms with Crippen molar-refractivity contribution < 1.29 is 60.4 Å². The molecule has 0 radical (unpaired) electrons. The SMILES string of the molecule is [K+].[S-]P(Oc1ccccc1)Oc1ccccc1. The molecule has 0 amide bonds. The number of benzene rings is 2. The first-order valence-corrected chi connectivity index (χ1v) is 6.97. The first-order valence-electron chi connectivity index (χ1n) is 4.78. The van der Waals surface area contributed by atoms with Crippen molar-refractivity contribution >= 4 is 19.8 Å². The van der Waals surface area contributed by atoms with E-state index in [1.165, 1.54) is 0 Å². The van der Waals surface area contributed by atoms with E-state index in [0.717, 1.165) is 11.5 Å². The Labute approximate surface area is 150 Å². The molecule has 2 nitrogen and oxygen atoms in total. The molecule has 0 saturated carbocycles. The smallest absolute Gasteiger partial charge is 0.672 e. The van der Waals surface area contributed by atoms with Gasteiger partial charge in [0.05, 0.1) is 0 Å². The average molecular weight is 288 g/mol. The summed E-state index contributed by atoms with van der Waals surface area (Å²) in [4.78, 5) is 0. The van der Waals surface area contributed by atoms with Crippen LogP contribution in [0.1, 0.15) is 0 Å². The summed E-state index contributed by atoms with van der Waals surface area (Å²) in [5.74, 6) is 1.47. The second-order valence-corrected chi connectivity index (χ2v) is 4.74. The minimum atomic E-state index is -1.35. The van der Waals surface area contributed by atoms with Gasteiger partial charge in [0.25, 0.3) is 0 Å². The Morgan fingerprint density at radius 1 is 0.706 bits per heavy atom. The van der Waals surface area contributed by atoms with Crippen LogP contribution in [-0.4, -0.2) is 0 Å². The topological polar surface area (TPSA) is 18.5 Å². The van der Waals surface area contributed by atoms with Crippen LogP contribution in [0.2, 0.25) is 0 Å². The van der Waals surface area contributed by atoms with Gasteiger partial charge in [0.1, 0.15) is 19.1 Å². The van der Waals surface area contributed by atoms with E-state index in [2.05, 4.69) is 0 Å². The summed E-state index contributed by atoms with van der Waals surface area (Å²) in [5.41, 5.74) is 0. The molecule has 0 N–H and O–H groups in total. The summed E-state index contributed by atoms with van der Waals surface area (Å²) in [6.45, 7) is 0. The second kappa shape index (κ2) is 8.54. The zero-order valence-corrected chi connectivity index (χ0v) is 14.3. The zero-order chi connectivity index (χ0) is 11.2. The maximum Gasteiger partial charge on any atom is 1.00 e. The van der Waals surface area contributed by atoms with Crippen molar-refractivity contribution in [2.24, 2.45) is 0 Å². The van der Waals surface area contributed by atoms with Crippen LogP contribution in [0.25, 0.3) is 0 Å². The predicted octanol–water partition coefficient (Wildman–Crippen LogP) is 0.922. The Kier molecular flexibility index (Phi) is 7.79. The Balaban J connectivity index is 0.00000144. The molecule has 0 aromatic heterocycles. The summed E-state index contributed by atoms with van der Waals surface area (Å²) in [6, 6.07) is 18.9. The largest absolute Gasteiger partial charge is 1.00 e. The van der Waals surface area contributed by atoms with E-state index in [1.807, 2.05) is 60.7 Å². The van der Waals surface area contributed by atoms with Gasteiger partial charge >= 0.3 is 51.4 Å². The van der Waals surface area contributed by atoms with Gasteiger partial charge in [-0.3, -0.25) is 0 Å². The molecule has 5 heteroatoms. The van der Waals surface area contributed by atoms with Crippen molar-refractivity contribution in [2.75, 3.05) is 0 Å². The molecule has 17 heavy (non-hydrogen) atoms. The van der Waals surface area contributed by atoms with Crippen LogP contribution in [0.4, 0.5) is 0 Å². The fourth-order valence-electron chi connectivity index (χ4n) is 1.15. The maximum atomic E-state index is 5.48. The maximum absolute atomic E-state index is 5.48. The number of hydrogen-bond donors (Lipinski definition) is 0. The fraction of sp³-hybridized carbons (Fsp3) is 0. The van der Waals surface area contributed by atoms with Gasteiger partial charge in [-0.2, -0.15) is 0 Å². The van der Waals surface area contributed by atoms with E-state index < -0.39 is 7.58 Å². The molecule has 0 bridgehead atoms. The van der Waals surface area contributed by atoms with Crippen LogP contribution >= 0.6 is 7.58 Å². The van der Waals surface area contributed by atoms with Crippen molar-refractivity contribution in [3.8, 4) is 11.5 Å². The van der Waals surface area contributed by atoms with Crippen LogP contribution < -0.4 is 60.4 Å². The number of rotatable bonds is 4. The van der Waals surface area contributed by atoms with Crippen LogP contribution in [0.15, 0.2) is 60.7 Å². The molecule has 0 saturated heterocycles. The van der Waals surface area contributed by atoms with Crippen molar-refractivity contribution in [2.45, 2.75) is 0 Å². The van der Waals surface area contributed by atoms with Crippen LogP contribution in [0.5, 0.6) is 11.5 Å². The molecule has 0 heterocycles. The number of para-hydroxylation sites is 2. The van der Waals surface area contributed by atoms with E-state index >= 15 is 0 Å². The van der Waals surface area contributed by atoms with Gasteiger partial charge in [-0.25, -0.2) is 0 Å². The fourth-order valence-corrected chi connectivity index (χ4v) is 2.29. The standard InChI is InChI=1S/C12H10O2PS.K/c16-15(13-11-7-3-1-4-8-11)14-12-9-5-2-6-10-12;/h1-10H;/q-1;+1. The monoisotopic (exact) mass is 288 g/mol. The second-order valence-electron chi connectivity index (χ2n) is 3.03. The van der Waals surface area contributed by atoms with Gasteiger partial charge in [0, 0.05) is 0 Å². The van der Waals surface area contributed by atoms with Gasteiger partial charge in [-0.15, -0.1) is 0 Å². The molecule has 0 atom stereocenters. The third-order valence-electron chi connectivity index (χ3n) is 1.85. The summed E-state index contributed by atoms with van der Waals surface area (Å²) < 4.78 is 11.0. The Morgan fingerprint density at radius 2 is 1.06 bits per heavy atom. The molecular weight excluding hydrogens is 278 g/mol. The van der Waals surface area contributed by atoms with Crippen LogP contribution in [0.3, 0.4) is 0 Å². The van der Waals surface area contributed by atoms with Crippen LogP contribution in [0, 0.1) is 0 Å².